The van der Waals surface area contributed by atoms with Crippen molar-refractivity contribution >= 4 is 5.69 Å². The van der Waals surface area contributed by atoms with Crippen LogP contribution in [0.2, 0.25) is 0 Å². The second kappa shape index (κ2) is 6.27. The van der Waals surface area contributed by atoms with Crippen LogP contribution in [-0.4, -0.2) is 6.54 Å². The van der Waals surface area contributed by atoms with Crippen LogP contribution >= 0.6 is 0 Å². The number of rotatable bonds is 3. The van der Waals surface area contributed by atoms with Gasteiger partial charge in [0.2, 0.25) is 0 Å². The summed E-state index contributed by atoms with van der Waals surface area (Å²) in [6.45, 7) is 1.83. The highest BCUT2D eigenvalue weighted by Gasteiger charge is 2.17. The first-order chi connectivity index (χ1) is 10.3. The van der Waals surface area contributed by atoms with E-state index in [0.717, 1.165) is 24.9 Å². The molecular formula is C18H21FN2. The molecule has 2 aromatic carbocycles. The quantitative estimate of drug-likeness (QED) is 0.932. The summed E-state index contributed by atoms with van der Waals surface area (Å²) in [6.07, 6.45) is 3.45. The molecule has 110 valence electrons. The lowest BCUT2D eigenvalue weighted by Crippen LogP contribution is -2.24. The number of halogens is 1. The van der Waals surface area contributed by atoms with Gasteiger partial charge in [0, 0.05) is 36.4 Å². The average Bonchev–Trinajstić information content (AvgIpc) is 2.72. The molecule has 0 fully saturated rings. The van der Waals surface area contributed by atoms with Crippen LogP contribution < -0.4 is 10.6 Å². The zero-order chi connectivity index (χ0) is 14.7. The molecule has 2 aromatic rings. The molecule has 0 bridgehead atoms. The number of anilines is 1. The number of benzene rings is 2. The molecule has 0 spiro atoms. The molecule has 0 radical (unpaired) electrons. The summed E-state index contributed by atoms with van der Waals surface area (Å²) in [5.41, 5.74) is 9.53. The number of nitrogens with zero attached hydrogens (tertiary/aromatic N) is 1. The number of para-hydroxylation sites is 1. The molecule has 0 atom stereocenters. The highest BCUT2D eigenvalue weighted by molar-refractivity contribution is 5.55. The van der Waals surface area contributed by atoms with E-state index >= 15 is 0 Å². The first-order valence-electron chi connectivity index (χ1n) is 7.59. The molecule has 0 unspecified atom stereocenters. The smallest absolute Gasteiger partial charge is 0.132 e. The zero-order valence-electron chi connectivity index (χ0n) is 12.2. The van der Waals surface area contributed by atoms with Gasteiger partial charge in [-0.15, -0.1) is 0 Å². The van der Waals surface area contributed by atoms with Crippen LogP contribution in [0.1, 0.15) is 29.5 Å². The van der Waals surface area contributed by atoms with E-state index in [-0.39, 0.29) is 12.4 Å². The second-order valence-electron chi connectivity index (χ2n) is 5.60. The maximum absolute atomic E-state index is 14.4. The predicted octanol–water partition coefficient (Wildman–Crippen LogP) is 3.63. The first kappa shape index (κ1) is 14.1. The van der Waals surface area contributed by atoms with Gasteiger partial charge < -0.3 is 10.6 Å². The number of nitrogens with two attached hydrogens (primary N) is 1. The molecule has 21 heavy (non-hydrogen) atoms. The Labute approximate surface area is 125 Å². The number of fused-ring (bicyclic) bond motifs is 1. The van der Waals surface area contributed by atoms with Gasteiger partial charge in [-0.2, -0.15) is 0 Å². The summed E-state index contributed by atoms with van der Waals surface area (Å²) in [4.78, 5) is 2.29. The summed E-state index contributed by atoms with van der Waals surface area (Å²) in [5.74, 6) is -0.151. The van der Waals surface area contributed by atoms with E-state index < -0.39 is 0 Å². The molecule has 2 nitrogen and oxygen atoms in total. The Morgan fingerprint density at radius 1 is 1.00 bits per heavy atom. The van der Waals surface area contributed by atoms with Crippen molar-refractivity contribution in [2.75, 3.05) is 11.4 Å². The van der Waals surface area contributed by atoms with E-state index in [4.69, 9.17) is 5.73 Å². The third-order valence-corrected chi connectivity index (χ3v) is 4.20. The van der Waals surface area contributed by atoms with Crippen LogP contribution in [0.4, 0.5) is 10.1 Å². The van der Waals surface area contributed by atoms with Crippen LogP contribution in [0.15, 0.2) is 42.5 Å². The van der Waals surface area contributed by atoms with Gasteiger partial charge in [0.05, 0.1) is 0 Å². The molecule has 0 aliphatic carbocycles. The first-order valence-corrected chi connectivity index (χ1v) is 7.59. The molecule has 3 rings (SSSR count). The van der Waals surface area contributed by atoms with Crippen LogP contribution in [0, 0.1) is 5.82 Å². The standard InChI is InChI=1S/C18H21FN2/c19-18-15(12-20)8-5-9-16(18)13-21-11-4-3-7-14-6-1-2-10-17(14)21/h1-2,5-6,8-10H,3-4,7,11-13,20H2. The van der Waals surface area contributed by atoms with Crippen molar-refractivity contribution in [2.45, 2.75) is 32.4 Å². The Bertz CT molecular complexity index is 624. The van der Waals surface area contributed by atoms with E-state index in [9.17, 15) is 4.39 Å². The van der Waals surface area contributed by atoms with Crippen molar-refractivity contribution in [3.8, 4) is 0 Å². The van der Waals surface area contributed by atoms with Crippen LogP contribution in [0.25, 0.3) is 0 Å². The van der Waals surface area contributed by atoms with Gasteiger partial charge in [0.1, 0.15) is 5.82 Å². The fraction of sp³-hybridized carbons (Fsp3) is 0.333. The molecular weight excluding hydrogens is 263 g/mol. The molecule has 0 saturated heterocycles. The Balaban J connectivity index is 1.91. The molecule has 0 amide bonds. The van der Waals surface area contributed by atoms with E-state index in [2.05, 4.69) is 29.2 Å². The Hall–Kier alpha value is -1.87. The normalized spacial score (nSPS) is 14.7. The van der Waals surface area contributed by atoms with E-state index in [0.29, 0.717) is 12.1 Å². The van der Waals surface area contributed by atoms with E-state index in [1.54, 1.807) is 6.07 Å². The SMILES string of the molecule is NCc1cccc(CN2CCCCc3ccccc32)c1F. The number of hydrogen-bond donors (Lipinski definition) is 1. The zero-order valence-corrected chi connectivity index (χ0v) is 12.2. The molecule has 3 heteroatoms. The van der Waals surface area contributed by atoms with Gasteiger partial charge in [0.15, 0.2) is 0 Å². The van der Waals surface area contributed by atoms with Crippen molar-refractivity contribution in [2.24, 2.45) is 5.73 Å². The lowest BCUT2D eigenvalue weighted by Gasteiger charge is -2.25. The van der Waals surface area contributed by atoms with Gasteiger partial charge >= 0.3 is 0 Å². The predicted molar refractivity (Wildman–Crippen MR) is 84.7 cm³/mol. The second-order valence-corrected chi connectivity index (χ2v) is 5.60. The van der Waals surface area contributed by atoms with Gasteiger partial charge in [0.25, 0.3) is 0 Å². The van der Waals surface area contributed by atoms with Crippen LogP contribution in [0.3, 0.4) is 0 Å². The fourth-order valence-corrected chi connectivity index (χ4v) is 3.05. The highest BCUT2D eigenvalue weighted by Crippen LogP contribution is 2.28. The molecule has 1 heterocycles. The lowest BCUT2D eigenvalue weighted by molar-refractivity contribution is 0.587. The van der Waals surface area contributed by atoms with Gasteiger partial charge in [-0.1, -0.05) is 36.4 Å². The fourth-order valence-electron chi connectivity index (χ4n) is 3.05. The molecule has 0 aromatic heterocycles. The van der Waals surface area contributed by atoms with Crippen molar-refractivity contribution in [1.29, 1.82) is 0 Å². The van der Waals surface area contributed by atoms with Crippen molar-refractivity contribution in [1.82, 2.24) is 0 Å². The topological polar surface area (TPSA) is 29.3 Å². The molecule has 0 saturated carbocycles. The summed E-state index contributed by atoms with van der Waals surface area (Å²) in [5, 5.41) is 0. The minimum atomic E-state index is -0.151. The largest absolute Gasteiger partial charge is 0.367 e. The van der Waals surface area contributed by atoms with E-state index in [1.807, 2.05) is 12.1 Å². The Morgan fingerprint density at radius 2 is 1.81 bits per heavy atom. The van der Waals surface area contributed by atoms with Crippen molar-refractivity contribution in [3.63, 3.8) is 0 Å². The maximum Gasteiger partial charge on any atom is 0.132 e. The molecule has 1 aliphatic heterocycles. The molecule has 2 N–H and O–H groups in total. The van der Waals surface area contributed by atoms with E-state index in [1.165, 1.54) is 17.7 Å². The van der Waals surface area contributed by atoms with Gasteiger partial charge in [-0.25, -0.2) is 4.39 Å². The van der Waals surface area contributed by atoms with Crippen molar-refractivity contribution in [3.05, 3.63) is 65.0 Å². The summed E-state index contributed by atoms with van der Waals surface area (Å²) in [6, 6.07) is 14.0. The van der Waals surface area contributed by atoms with Crippen LogP contribution in [-0.2, 0) is 19.5 Å². The third-order valence-electron chi connectivity index (χ3n) is 4.20. The maximum atomic E-state index is 14.4. The monoisotopic (exact) mass is 284 g/mol. The van der Waals surface area contributed by atoms with Gasteiger partial charge in [-0.05, 0) is 30.9 Å². The van der Waals surface area contributed by atoms with Crippen molar-refractivity contribution < 1.29 is 4.39 Å². The molecule has 1 aliphatic rings. The number of hydrogen-bond acceptors (Lipinski definition) is 2. The minimum Gasteiger partial charge on any atom is -0.367 e. The summed E-state index contributed by atoms with van der Waals surface area (Å²) >= 11 is 0. The van der Waals surface area contributed by atoms with Crippen LogP contribution in [0.5, 0.6) is 0 Å². The van der Waals surface area contributed by atoms with Gasteiger partial charge in [-0.3, -0.25) is 0 Å². The number of aryl methyl sites for hydroxylation is 1. The third kappa shape index (κ3) is 2.93. The lowest BCUT2D eigenvalue weighted by atomic mass is 10.1. The Kier molecular flexibility index (Phi) is 4.20. The summed E-state index contributed by atoms with van der Waals surface area (Å²) < 4.78 is 14.4. The average molecular weight is 284 g/mol. The summed E-state index contributed by atoms with van der Waals surface area (Å²) in [7, 11) is 0. The Morgan fingerprint density at radius 3 is 2.67 bits per heavy atom. The minimum absolute atomic E-state index is 0.151. The highest BCUT2D eigenvalue weighted by atomic mass is 19.1.